The lowest BCUT2D eigenvalue weighted by atomic mass is 10.0. The van der Waals surface area contributed by atoms with E-state index in [1.807, 2.05) is 49.4 Å². The van der Waals surface area contributed by atoms with Crippen LogP contribution in [0.4, 0.5) is 0 Å². The summed E-state index contributed by atoms with van der Waals surface area (Å²) in [5.41, 5.74) is 1.36. The van der Waals surface area contributed by atoms with E-state index in [2.05, 4.69) is 47.1 Å². The van der Waals surface area contributed by atoms with Gasteiger partial charge in [-0.2, -0.15) is 12.6 Å². The predicted molar refractivity (Wildman–Crippen MR) is 112 cm³/mol. The summed E-state index contributed by atoms with van der Waals surface area (Å²) in [4.78, 5) is 14.3. The molecule has 3 nitrogen and oxygen atoms in total. The first-order valence-corrected chi connectivity index (χ1v) is 10.00. The first-order chi connectivity index (χ1) is 12.7. The van der Waals surface area contributed by atoms with Crippen LogP contribution in [0.2, 0.25) is 0 Å². The van der Waals surface area contributed by atoms with Crippen LogP contribution in [0.3, 0.4) is 0 Å². The largest absolute Gasteiger partial charge is 0.353 e. The van der Waals surface area contributed by atoms with E-state index in [9.17, 15) is 4.79 Å². The van der Waals surface area contributed by atoms with Crippen LogP contribution in [-0.2, 0) is 11.3 Å². The third-order valence-corrected chi connectivity index (χ3v) is 5.12. The third kappa shape index (κ3) is 7.63. The van der Waals surface area contributed by atoms with Gasteiger partial charge in [0.05, 0.1) is 0 Å². The molecule has 0 aliphatic carbocycles. The summed E-state index contributed by atoms with van der Waals surface area (Å²) < 4.78 is 0. The van der Waals surface area contributed by atoms with Crippen molar-refractivity contribution in [2.75, 3.05) is 18.8 Å². The number of carbonyl (C=O) groups excluding carboxylic acids is 1. The van der Waals surface area contributed by atoms with Crippen LogP contribution in [0.15, 0.2) is 66.7 Å². The van der Waals surface area contributed by atoms with Gasteiger partial charge in [0.1, 0.15) is 0 Å². The Balaban J connectivity index is 0.000000342. The summed E-state index contributed by atoms with van der Waals surface area (Å²) in [6.45, 7) is 5.03. The Bertz CT molecular complexity index is 586. The molecule has 0 aromatic heterocycles. The van der Waals surface area contributed by atoms with Gasteiger partial charge in [-0.1, -0.05) is 73.7 Å². The number of nitrogens with one attached hydrogen (secondary N) is 1. The molecule has 1 atom stereocenters. The highest BCUT2D eigenvalue weighted by atomic mass is 32.1. The SMILES string of the molecule is CC(CS)C(=O)NC1CCN(Cc2ccccc2)CC1.c1ccccc1. The maximum Gasteiger partial charge on any atom is 0.223 e. The maximum absolute atomic E-state index is 11.8. The molecule has 1 fully saturated rings. The first-order valence-electron chi connectivity index (χ1n) is 9.36. The van der Waals surface area contributed by atoms with E-state index in [4.69, 9.17) is 0 Å². The number of likely N-dealkylation sites (tertiary alicyclic amines) is 1. The summed E-state index contributed by atoms with van der Waals surface area (Å²) in [5, 5.41) is 3.14. The van der Waals surface area contributed by atoms with E-state index in [-0.39, 0.29) is 11.8 Å². The van der Waals surface area contributed by atoms with Gasteiger partial charge >= 0.3 is 0 Å². The highest BCUT2D eigenvalue weighted by Gasteiger charge is 2.22. The fraction of sp³-hybridized carbons (Fsp3) is 0.409. The van der Waals surface area contributed by atoms with Gasteiger partial charge in [-0.3, -0.25) is 9.69 Å². The molecular formula is C22H30N2OS. The van der Waals surface area contributed by atoms with Crippen molar-refractivity contribution in [3.8, 4) is 0 Å². The topological polar surface area (TPSA) is 32.3 Å². The monoisotopic (exact) mass is 370 g/mol. The molecule has 2 aromatic rings. The number of hydrogen-bond acceptors (Lipinski definition) is 3. The minimum Gasteiger partial charge on any atom is -0.353 e. The Labute approximate surface area is 163 Å². The Morgan fingerprint density at radius 1 is 1.04 bits per heavy atom. The lowest BCUT2D eigenvalue weighted by Gasteiger charge is -2.32. The van der Waals surface area contributed by atoms with Crippen molar-refractivity contribution in [2.24, 2.45) is 5.92 Å². The summed E-state index contributed by atoms with van der Waals surface area (Å²) in [6, 6.07) is 22.9. The molecule has 0 radical (unpaired) electrons. The molecule has 3 rings (SSSR count). The van der Waals surface area contributed by atoms with E-state index < -0.39 is 0 Å². The van der Waals surface area contributed by atoms with Crippen molar-refractivity contribution < 1.29 is 4.79 Å². The maximum atomic E-state index is 11.8. The van der Waals surface area contributed by atoms with Crippen LogP contribution in [0.5, 0.6) is 0 Å². The molecule has 4 heteroatoms. The van der Waals surface area contributed by atoms with Gasteiger partial charge in [-0.15, -0.1) is 0 Å². The van der Waals surface area contributed by atoms with Gasteiger partial charge in [0.15, 0.2) is 0 Å². The molecular weight excluding hydrogens is 340 g/mol. The molecule has 140 valence electrons. The molecule has 1 amide bonds. The molecule has 1 N–H and O–H groups in total. The fourth-order valence-corrected chi connectivity index (χ4v) is 3.05. The van der Waals surface area contributed by atoms with Gasteiger partial charge in [0, 0.05) is 37.3 Å². The van der Waals surface area contributed by atoms with E-state index in [1.165, 1.54) is 5.56 Å². The van der Waals surface area contributed by atoms with E-state index >= 15 is 0 Å². The lowest BCUT2D eigenvalue weighted by molar-refractivity contribution is -0.124. The molecule has 1 unspecified atom stereocenters. The number of thiol groups is 1. The van der Waals surface area contributed by atoms with E-state index in [1.54, 1.807) is 0 Å². The number of amides is 1. The number of hydrogen-bond donors (Lipinski definition) is 2. The summed E-state index contributed by atoms with van der Waals surface area (Å²) in [5.74, 6) is 0.751. The lowest BCUT2D eigenvalue weighted by Crippen LogP contribution is -2.46. The predicted octanol–water partition coefficient (Wildman–Crippen LogP) is 4.02. The molecule has 1 aliphatic heterocycles. The van der Waals surface area contributed by atoms with Crippen LogP contribution < -0.4 is 5.32 Å². The highest BCUT2D eigenvalue weighted by Crippen LogP contribution is 2.14. The summed E-state index contributed by atoms with van der Waals surface area (Å²) in [6.07, 6.45) is 2.08. The number of rotatable bonds is 5. The molecule has 0 spiro atoms. The Hall–Kier alpha value is -1.78. The van der Waals surface area contributed by atoms with Crippen molar-refractivity contribution in [3.63, 3.8) is 0 Å². The normalized spacial score (nSPS) is 16.2. The second kappa shape index (κ2) is 11.8. The van der Waals surface area contributed by atoms with Crippen LogP contribution in [-0.4, -0.2) is 35.7 Å². The summed E-state index contributed by atoms with van der Waals surface area (Å²) >= 11 is 4.17. The van der Waals surface area contributed by atoms with Crippen LogP contribution in [0, 0.1) is 5.92 Å². The van der Waals surface area contributed by atoms with Crippen LogP contribution in [0.25, 0.3) is 0 Å². The molecule has 0 bridgehead atoms. The Morgan fingerprint density at radius 2 is 1.54 bits per heavy atom. The van der Waals surface area contributed by atoms with Crippen LogP contribution in [0.1, 0.15) is 25.3 Å². The quantitative estimate of drug-likeness (QED) is 0.779. The minimum absolute atomic E-state index is 0.000631. The second-order valence-electron chi connectivity index (χ2n) is 6.78. The zero-order chi connectivity index (χ0) is 18.6. The van der Waals surface area contributed by atoms with Crippen molar-refractivity contribution >= 4 is 18.5 Å². The number of carbonyl (C=O) groups is 1. The Morgan fingerprint density at radius 3 is 2.04 bits per heavy atom. The smallest absolute Gasteiger partial charge is 0.223 e. The second-order valence-corrected chi connectivity index (χ2v) is 7.15. The average molecular weight is 371 g/mol. The fourth-order valence-electron chi connectivity index (χ4n) is 2.89. The van der Waals surface area contributed by atoms with E-state index in [0.717, 1.165) is 32.5 Å². The number of piperidine rings is 1. The molecule has 1 heterocycles. The zero-order valence-electron chi connectivity index (χ0n) is 15.6. The standard InChI is InChI=1S/C16H24N2OS.C6H6/c1-13(12-20)16(19)17-15-7-9-18(10-8-15)11-14-5-3-2-4-6-14;1-2-4-6-5-3-1/h2-6,13,15,20H,7-12H2,1H3,(H,17,19);1-6H. The first kappa shape index (κ1) is 20.5. The molecule has 0 saturated carbocycles. The van der Waals surface area contributed by atoms with Crippen molar-refractivity contribution in [1.82, 2.24) is 10.2 Å². The molecule has 1 aliphatic rings. The molecule has 2 aromatic carbocycles. The van der Waals surface area contributed by atoms with Crippen molar-refractivity contribution in [3.05, 3.63) is 72.3 Å². The average Bonchev–Trinajstić information content (AvgIpc) is 2.71. The summed E-state index contributed by atoms with van der Waals surface area (Å²) in [7, 11) is 0. The Kier molecular flexibility index (Phi) is 9.29. The van der Waals surface area contributed by atoms with Crippen molar-refractivity contribution in [2.45, 2.75) is 32.4 Å². The van der Waals surface area contributed by atoms with Gasteiger partial charge in [0.25, 0.3) is 0 Å². The van der Waals surface area contributed by atoms with Gasteiger partial charge in [-0.05, 0) is 18.4 Å². The minimum atomic E-state index is 0.000631. The molecule has 26 heavy (non-hydrogen) atoms. The van der Waals surface area contributed by atoms with Crippen molar-refractivity contribution in [1.29, 1.82) is 0 Å². The zero-order valence-corrected chi connectivity index (χ0v) is 16.4. The molecule has 1 saturated heterocycles. The number of benzene rings is 2. The highest BCUT2D eigenvalue weighted by molar-refractivity contribution is 7.80. The van der Waals surface area contributed by atoms with Gasteiger partial charge in [-0.25, -0.2) is 0 Å². The third-order valence-electron chi connectivity index (χ3n) is 4.57. The van der Waals surface area contributed by atoms with Gasteiger partial charge in [0.2, 0.25) is 5.91 Å². The van der Waals surface area contributed by atoms with Gasteiger partial charge < -0.3 is 5.32 Å². The van der Waals surface area contributed by atoms with Crippen LogP contribution >= 0.6 is 12.6 Å². The van der Waals surface area contributed by atoms with E-state index in [0.29, 0.717) is 11.8 Å². The number of nitrogens with zero attached hydrogens (tertiary/aromatic N) is 1.